The lowest BCUT2D eigenvalue weighted by molar-refractivity contribution is 0.172. The molecule has 114 valence electrons. The van der Waals surface area contributed by atoms with E-state index < -0.39 is 6.10 Å². The predicted molar refractivity (Wildman–Crippen MR) is 84.5 cm³/mol. The molecule has 0 fully saturated rings. The first kappa shape index (κ1) is 16.0. The summed E-state index contributed by atoms with van der Waals surface area (Å²) in [6.07, 6.45) is 3.23. The topological polar surface area (TPSA) is 60.2 Å². The Hall–Kier alpha value is -1.40. The van der Waals surface area contributed by atoms with Gasteiger partial charge in [0.15, 0.2) is 0 Å². The van der Waals surface area contributed by atoms with E-state index in [0.29, 0.717) is 18.7 Å². The van der Waals surface area contributed by atoms with Crippen LogP contribution in [0.5, 0.6) is 5.88 Å². The molecule has 2 aromatic heterocycles. The molecule has 0 saturated carbocycles. The maximum absolute atomic E-state index is 10.3. The maximum atomic E-state index is 10.3. The summed E-state index contributed by atoms with van der Waals surface area (Å²) in [5.74, 6) is 0.579. The van der Waals surface area contributed by atoms with Crippen molar-refractivity contribution in [2.45, 2.75) is 32.3 Å². The molecule has 2 aromatic rings. The van der Waals surface area contributed by atoms with Gasteiger partial charge in [0, 0.05) is 32.2 Å². The van der Waals surface area contributed by atoms with E-state index in [1.165, 1.54) is 0 Å². The number of aryl methyl sites for hydroxylation is 2. The van der Waals surface area contributed by atoms with Crippen LogP contribution in [0.2, 0.25) is 0 Å². The largest absolute Gasteiger partial charge is 0.481 e. The highest BCUT2D eigenvalue weighted by Crippen LogP contribution is 2.23. The Morgan fingerprint density at radius 3 is 2.67 bits per heavy atom. The third-order valence-electron chi connectivity index (χ3n) is 3.41. The smallest absolute Gasteiger partial charge is 0.212 e. The Morgan fingerprint density at radius 2 is 2.14 bits per heavy atom. The number of methoxy groups -OCH3 is 1. The van der Waals surface area contributed by atoms with Crippen molar-refractivity contribution in [1.29, 1.82) is 0 Å². The van der Waals surface area contributed by atoms with Gasteiger partial charge in [0.05, 0.1) is 29.1 Å². The zero-order valence-electron chi connectivity index (χ0n) is 12.5. The molecule has 0 aliphatic carbocycles. The van der Waals surface area contributed by atoms with Crippen molar-refractivity contribution in [3.05, 3.63) is 39.8 Å². The van der Waals surface area contributed by atoms with Crippen LogP contribution in [-0.2, 0) is 26.3 Å². The van der Waals surface area contributed by atoms with Gasteiger partial charge in [-0.1, -0.05) is 13.0 Å². The number of rotatable bonds is 6. The van der Waals surface area contributed by atoms with Crippen molar-refractivity contribution in [2.24, 2.45) is 7.05 Å². The molecule has 0 aliphatic rings. The third kappa shape index (κ3) is 3.83. The molecule has 2 heterocycles. The van der Waals surface area contributed by atoms with Crippen LogP contribution in [-0.4, -0.2) is 33.1 Å². The van der Waals surface area contributed by atoms with Crippen molar-refractivity contribution in [2.75, 3.05) is 7.11 Å². The van der Waals surface area contributed by atoms with Crippen LogP contribution in [0.15, 0.2) is 22.8 Å². The lowest BCUT2D eigenvalue weighted by atomic mass is 10.1. The Kier molecular flexibility index (Phi) is 5.36. The average Bonchev–Trinajstić information content (AvgIpc) is 2.75. The van der Waals surface area contributed by atoms with Crippen molar-refractivity contribution < 1.29 is 9.84 Å². The molecule has 2 rings (SSSR count). The molecule has 0 spiro atoms. The summed E-state index contributed by atoms with van der Waals surface area (Å²) in [5.41, 5.74) is 3.02. The fraction of sp³-hybridized carbons (Fsp3) is 0.467. The van der Waals surface area contributed by atoms with Crippen LogP contribution in [0.3, 0.4) is 0 Å². The summed E-state index contributed by atoms with van der Waals surface area (Å²) < 4.78 is 7.86. The number of ether oxygens (including phenoxy) is 1. The molecular formula is C15H20BrN3O2. The summed E-state index contributed by atoms with van der Waals surface area (Å²) in [7, 11) is 3.49. The van der Waals surface area contributed by atoms with Gasteiger partial charge in [-0.3, -0.25) is 4.68 Å². The van der Waals surface area contributed by atoms with Crippen LogP contribution >= 0.6 is 15.9 Å². The molecular weight excluding hydrogens is 334 g/mol. The second kappa shape index (κ2) is 7.04. The van der Waals surface area contributed by atoms with E-state index in [4.69, 9.17) is 4.74 Å². The Balaban J connectivity index is 2.04. The van der Waals surface area contributed by atoms with Crippen molar-refractivity contribution in [3.63, 3.8) is 0 Å². The Bertz CT molecular complexity index is 596. The zero-order chi connectivity index (χ0) is 15.4. The maximum Gasteiger partial charge on any atom is 0.212 e. The van der Waals surface area contributed by atoms with Crippen molar-refractivity contribution in [1.82, 2.24) is 14.8 Å². The van der Waals surface area contributed by atoms with Gasteiger partial charge in [-0.25, -0.2) is 4.98 Å². The van der Waals surface area contributed by atoms with Crippen LogP contribution < -0.4 is 4.74 Å². The Morgan fingerprint density at radius 1 is 1.38 bits per heavy atom. The van der Waals surface area contributed by atoms with Gasteiger partial charge in [-0.15, -0.1) is 0 Å². The molecule has 6 heteroatoms. The standard InChI is InChI=1S/C15H20BrN3O2/c1-4-12-15(16)13(19(2)18-12)8-11(20)7-10-5-6-14(21-3)17-9-10/h5-6,9,11,20H,4,7-8H2,1-3H3. The number of hydrogen-bond acceptors (Lipinski definition) is 4. The lowest BCUT2D eigenvalue weighted by Gasteiger charge is -2.11. The fourth-order valence-corrected chi connectivity index (χ4v) is 3.04. The molecule has 0 aliphatic heterocycles. The molecule has 0 amide bonds. The van der Waals surface area contributed by atoms with Crippen LogP contribution in [0.25, 0.3) is 0 Å². The van der Waals surface area contributed by atoms with Crippen LogP contribution in [0.1, 0.15) is 23.9 Å². The van der Waals surface area contributed by atoms with Crippen LogP contribution in [0.4, 0.5) is 0 Å². The van der Waals surface area contributed by atoms with Crippen molar-refractivity contribution in [3.8, 4) is 5.88 Å². The second-order valence-electron chi connectivity index (χ2n) is 4.96. The Labute approximate surface area is 133 Å². The minimum Gasteiger partial charge on any atom is -0.481 e. The number of aliphatic hydroxyl groups excluding tert-OH is 1. The molecule has 0 aromatic carbocycles. The molecule has 1 unspecified atom stereocenters. The molecule has 5 nitrogen and oxygen atoms in total. The van der Waals surface area contributed by atoms with E-state index in [1.807, 2.05) is 17.8 Å². The van der Waals surface area contributed by atoms with E-state index >= 15 is 0 Å². The molecule has 1 N–H and O–H groups in total. The summed E-state index contributed by atoms with van der Waals surface area (Å²) in [6.45, 7) is 2.07. The SMILES string of the molecule is CCc1nn(C)c(CC(O)Cc2ccc(OC)nc2)c1Br. The molecule has 0 radical (unpaired) electrons. The van der Waals surface area contributed by atoms with Gasteiger partial charge in [0.1, 0.15) is 0 Å². The number of halogens is 1. The van der Waals surface area contributed by atoms with Gasteiger partial charge in [-0.2, -0.15) is 5.10 Å². The number of aromatic nitrogens is 3. The zero-order valence-corrected chi connectivity index (χ0v) is 14.1. The molecule has 1 atom stereocenters. The summed E-state index contributed by atoms with van der Waals surface area (Å²) in [5, 5.41) is 14.7. The summed E-state index contributed by atoms with van der Waals surface area (Å²) in [4.78, 5) is 4.15. The first-order valence-electron chi connectivity index (χ1n) is 6.92. The van der Waals surface area contributed by atoms with Crippen molar-refractivity contribution >= 4 is 15.9 Å². The van der Waals surface area contributed by atoms with E-state index in [2.05, 4.69) is 32.9 Å². The number of hydrogen-bond donors (Lipinski definition) is 1. The average molecular weight is 354 g/mol. The number of pyridine rings is 1. The quantitative estimate of drug-likeness (QED) is 0.865. The highest BCUT2D eigenvalue weighted by Gasteiger charge is 2.16. The van der Waals surface area contributed by atoms with Gasteiger partial charge in [0.2, 0.25) is 5.88 Å². The predicted octanol–water partition coefficient (Wildman–Crippen LogP) is 2.29. The number of nitrogens with zero attached hydrogens (tertiary/aromatic N) is 3. The van der Waals surface area contributed by atoms with Gasteiger partial charge >= 0.3 is 0 Å². The summed E-state index contributed by atoms with van der Waals surface area (Å²) in [6, 6.07) is 3.72. The van der Waals surface area contributed by atoms with Gasteiger partial charge in [-0.05, 0) is 27.9 Å². The molecule has 0 saturated heterocycles. The minimum absolute atomic E-state index is 0.475. The second-order valence-corrected chi connectivity index (χ2v) is 5.75. The van der Waals surface area contributed by atoms with Gasteiger partial charge < -0.3 is 9.84 Å². The first-order valence-corrected chi connectivity index (χ1v) is 7.71. The third-order valence-corrected chi connectivity index (χ3v) is 4.33. The lowest BCUT2D eigenvalue weighted by Crippen LogP contribution is -2.16. The van der Waals surface area contributed by atoms with Gasteiger partial charge in [0.25, 0.3) is 0 Å². The fourth-order valence-electron chi connectivity index (χ4n) is 2.26. The van der Waals surface area contributed by atoms with Crippen LogP contribution in [0, 0.1) is 0 Å². The molecule has 0 bridgehead atoms. The normalized spacial score (nSPS) is 12.4. The van der Waals surface area contributed by atoms with E-state index in [9.17, 15) is 5.11 Å². The summed E-state index contributed by atoms with van der Waals surface area (Å²) >= 11 is 3.57. The van der Waals surface area contributed by atoms with E-state index in [-0.39, 0.29) is 0 Å². The van der Waals surface area contributed by atoms with E-state index in [1.54, 1.807) is 19.4 Å². The van der Waals surface area contributed by atoms with E-state index in [0.717, 1.165) is 27.8 Å². The first-order chi connectivity index (χ1) is 10.0. The minimum atomic E-state index is -0.475. The highest BCUT2D eigenvalue weighted by molar-refractivity contribution is 9.10. The monoisotopic (exact) mass is 353 g/mol. The highest BCUT2D eigenvalue weighted by atomic mass is 79.9. The molecule has 21 heavy (non-hydrogen) atoms. The number of aliphatic hydroxyl groups is 1.